The van der Waals surface area contributed by atoms with Crippen molar-refractivity contribution in [2.24, 2.45) is 0 Å². The van der Waals surface area contributed by atoms with E-state index < -0.39 is 0 Å². The van der Waals surface area contributed by atoms with Crippen LogP contribution in [0.15, 0.2) is 29.3 Å². The molecule has 4 heteroatoms. The number of aromatic nitrogens is 2. The molecule has 0 aliphatic heterocycles. The van der Waals surface area contributed by atoms with Gasteiger partial charge in [0.15, 0.2) is 0 Å². The summed E-state index contributed by atoms with van der Waals surface area (Å²) in [5.74, 6) is 1.99. The van der Waals surface area contributed by atoms with Gasteiger partial charge in [-0.1, -0.05) is 54.8 Å². The number of hydrogen-bond donors (Lipinski definition) is 0. The quantitative estimate of drug-likeness (QED) is 0.576. The molecular weight excluding hydrogens is 288 g/mol. The van der Waals surface area contributed by atoms with Gasteiger partial charge < -0.3 is 0 Å². The topological polar surface area (TPSA) is 25.8 Å². The molecule has 20 heavy (non-hydrogen) atoms. The lowest BCUT2D eigenvalue weighted by molar-refractivity contribution is 0.753. The fraction of sp³-hybridized carbons (Fsp3) is 0.375. The first kappa shape index (κ1) is 15.3. The van der Waals surface area contributed by atoms with E-state index in [1.807, 2.05) is 6.07 Å². The van der Waals surface area contributed by atoms with Crippen LogP contribution < -0.4 is 0 Å². The van der Waals surface area contributed by atoms with Gasteiger partial charge in [-0.3, -0.25) is 0 Å². The molecule has 1 aromatic carbocycles. The summed E-state index contributed by atoms with van der Waals surface area (Å²) in [7, 11) is 0. The van der Waals surface area contributed by atoms with E-state index >= 15 is 0 Å². The molecule has 0 radical (unpaired) electrons. The zero-order chi connectivity index (χ0) is 14.7. The molecule has 1 aromatic heterocycles. The summed E-state index contributed by atoms with van der Waals surface area (Å²) < 4.78 is 0. The molecule has 0 aliphatic rings. The fourth-order valence-corrected chi connectivity index (χ4v) is 3.14. The van der Waals surface area contributed by atoms with E-state index in [1.165, 1.54) is 16.7 Å². The molecule has 2 nitrogen and oxygen atoms in total. The molecule has 1 heterocycles. The van der Waals surface area contributed by atoms with Crippen molar-refractivity contribution in [2.75, 3.05) is 0 Å². The van der Waals surface area contributed by atoms with Crippen molar-refractivity contribution >= 4 is 23.4 Å². The Balaban J connectivity index is 2.14. The van der Waals surface area contributed by atoms with E-state index in [9.17, 15) is 0 Å². The Hall–Kier alpha value is -1.06. The Kier molecular flexibility index (Phi) is 5.06. The second-order valence-corrected chi connectivity index (χ2v) is 6.71. The van der Waals surface area contributed by atoms with Crippen molar-refractivity contribution in [1.82, 2.24) is 9.97 Å². The molecule has 0 atom stereocenters. The first-order chi connectivity index (χ1) is 9.44. The Bertz CT molecular complexity index is 591. The average molecular weight is 307 g/mol. The van der Waals surface area contributed by atoms with Crippen LogP contribution in [-0.4, -0.2) is 9.97 Å². The van der Waals surface area contributed by atoms with E-state index in [-0.39, 0.29) is 5.92 Å². The Morgan fingerprint density at radius 2 is 1.70 bits per heavy atom. The number of thioether (sulfide) groups is 1. The van der Waals surface area contributed by atoms with Gasteiger partial charge in [-0.2, -0.15) is 0 Å². The molecule has 0 unspecified atom stereocenters. The summed E-state index contributed by atoms with van der Waals surface area (Å²) in [6, 6.07) is 8.45. The van der Waals surface area contributed by atoms with Crippen molar-refractivity contribution in [3.63, 3.8) is 0 Å². The van der Waals surface area contributed by atoms with Crippen molar-refractivity contribution in [3.8, 4) is 0 Å². The molecule has 0 amide bonds. The van der Waals surface area contributed by atoms with E-state index in [4.69, 9.17) is 11.6 Å². The SMILES string of the molecule is Cc1cc(C)cc(CSc2cc(Cl)nc(C(C)C)n2)c1. The minimum absolute atomic E-state index is 0.286. The lowest BCUT2D eigenvalue weighted by Gasteiger charge is -2.08. The second kappa shape index (κ2) is 6.59. The van der Waals surface area contributed by atoms with Gasteiger partial charge in [0.25, 0.3) is 0 Å². The van der Waals surface area contributed by atoms with Gasteiger partial charge in [0.05, 0.1) is 0 Å². The zero-order valence-electron chi connectivity index (χ0n) is 12.3. The van der Waals surface area contributed by atoms with Gasteiger partial charge in [-0.15, -0.1) is 11.8 Å². The molecular formula is C16H19ClN2S. The number of halogens is 1. The maximum atomic E-state index is 6.06. The van der Waals surface area contributed by atoms with Gasteiger partial charge in [-0.05, 0) is 19.4 Å². The first-order valence-corrected chi connectivity index (χ1v) is 8.05. The third-order valence-corrected chi connectivity index (χ3v) is 4.05. The van der Waals surface area contributed by atoms with E-state index in [0.717, 1.165) is 16.6 Å². The fourth-order valence-electron chi connectivity index (χ4n) is 2.06. The molecule has 0 spiro atoms. The largest absolute Gasteiger partial charge is 0.226 e. The van der Waals surface area contributed by atoms with Crippen LogP contribution in [0.4, 0.5) is 0 Å². The summed E-state index contributed by atoms with van der Waals surface area (Å²) in [5, 5.41) is 1.46. The van der Waals surface area contributed by atoms with Crippen molar-refractivity contribution in [1.29, 1.82) is 0 Å². The third kappa shape index (κ3) is 4.22. The lowest BCUT2D eigenvalue weighted by atomic mass is 10.1. The van der Waals surface area contributed by atoms with Gasteiger partial charge in [0.2, 0.25) is 0 Å². The second-order valence-electron chi connectivity index (χ2n) is 5.33. The predicted octanol–water partition coefficient (Wildman–Crippen LogP) is 5.16. The molecule has 0 saturated heterocycles. The highest BCUT2D eigenvalue weighted by Gasteiger charge is 2.08. The molecule has 2 rings (SSSR count). The van der Waals surface area contributed by atoms with Crippen LogP contribution in [0.3, 0.4) is 0 Å². The Labute approximate surface area is 130 Å². The van der Waals surface area contributed by atoms with Crippen molar-refractivity contribution in [3.05, 3.63) is 51.9 Å². The van der Waals surface area contributed by atoms with Gasteiger partial charge in [0, 0.05) is 17.7 Å². The average Bonchev–Trinajstić information content (AvgIpc) is 2.34. The van der Waals surface area contributed by atoms with E-state index in [0.29, 0.717) is 5.15 Å². The predicted molar refractivity (Wildman–Crippen MR) is 86.6 cm³/mol. The van der Waals surface area contributed by atoms with Gasteiger partial charge >= 0.3 is 0 Å². The number of nitrogens with zero attached hydrogens (tertiary/aromatic N) is 2. The minimum Gasteiger partial charge on any atom is -0.226 e. The van der Waals surface area contributed by atoms with Crippen molar-refractivity contribution in [2.45, 2.75) is 44.4 Å². The minimum atomic E-state index is 0.286. The van der Waals surface area contributed by atoms with Gasteiger partial charge in [-0.25, -0.2) is 9.97 Å². The first-order valence-electron chi connectivity index (χ1n) is 6.68. The van der Waals surface area contributed by atoms with E-state index in [1.54, 1.807) is 11.8 Å². The van der Waals surface area contributed by atoms with Crippen LogP contribution in [0.25, 0.3) is 0 Å². The smallest absolute Gasteiger partial charge is 0.133 e. The van der Waals surface area contributed by atoms with E-state index in [2.05, 4.69) is 55.9 Å². The van der Waals surface area contributed by atoms with Crippen molar-refractivity contribution < 1.29 is 0 Å². The number of benzene rings is 1. The molecule has 0 saturated carbocycles. The highest BCUT2D eigenvalue weighted by Crippen LogP contribution is 2.25. The zero-order valence-corrected chi connectivity index (χ0v) is 13.8. The monoisotopic (exact) mass is 306 g/mol. The molecule has 0 N–H and O–H groups in total. The van der Waals surface area contributed by atoms with Crippen LogP contribution in [0.2, 0.25) is 5.15 Å². The van der Waals surface area contributed by atoms with Crippen LogP contribution in [-0.2, 0) is 5.75 Å². The summed E-state index contributed by atoms with van der Waals surface area (Å²) in [6.07, 6.45) is 0. The van der Waals surface area contributed by atoms with Crippen LogP contribution >= 0.6 is 23.4 Å². The third-order valence-electron chi connectivity index (χ3n) is 2.87. The molecule has 2 aromatic rings. The lowest BCUT2D eigenvalue weighted by Crippen LogP contribution is -1.99. The maximum Gasteiger partial charge on any atom is 0.133 e. The molecule has 0 aliphatic carbocycles. The maximum absolute atomic E-state index is 6.06. The standard InChI is InChI=1S/C16H19ClN2S/c1-10(2)16-18-14(17)8-15(19-16)20-9-13-6-11(3)5-12(4)7-13/h5-8,10H,9H2,1-4H3. The molecule has 0 bridgehead atoms. The molecule has 0 fully saturated rings. The summed E-state index contributed by atoms with van der Waals surface area (Å²) >= 11 is 7.76. The Morgan fingerprint density at radius 1 is 1.05 bits per heavy atom. The number of rotatable bonds is 4. The highest BCUT2D eigenvalue weighted by molar-refractivity contribution is 7.98. The Morgan fingerprint density at radius 3 is 2.30 bits per heavy atom. The van der Waals surface area contributed by atoms with Crippen LogP contribution in [0, 0.1) is 13.8 Å². The summed E-state index contributed by atoms with van der Waals surface area (Å²) in [5.41, 5.74) is 3.90. The number of hydrogen-bond acceptors (Lipinski definition) is 3. The summed E-state index contributed by atoms with van der Waals surface area (Å²) in [6.45, 7) is 8.40. The normalized spacial score (nSPS) is 11.1. The summed E-state index contributed by atoms with van der Waals surface area (Å²) in [4.78, 5) is 8.82. The van der Waals surface area contributed by atoms with Crippen LogP contribution in [0.5, 0.6) is 0 Å². The molecule has 106 valence electrons. The number of aryl methyl sites for hydroxylation is 2. The van der Waals surface area contributed by atoms with Crippen LogP contribution in [0.1, 0.15) is 42.3 Å². The van der Waals surface area contributed by atoms with Gasteiger partial charge in [0.1, 0.15) is 16.0 Å². The highest BCUT2D eigenvalue weighted by atomic mass is 35.5.